The number of thiazole rings is 1. The maximum absolute atomic E-state index is 13.2. The first kappa shape index (κ1) is 30.1. The van der Waals surface area contributed by atoms with Crippen LogP contribution < -0.4 is 10.6 Å². The summed E-state index contributed by atoms with van der Waals surface area (Å²) >= 11 is 1.12. The van der Waals surface area contributed by atoms with Crippen LogP contribution in [0.25, 0.3) is 21.3 Å². The van der Waals surface area contributed by atoms with Crippen LogP contribution in [0.15, 0.2) is 42.5 Å². The summed E-state index contributed by atoms with van der Waals surface area (Å²) in [5.74, 6) is -1.56. The molecule has 1 saturated heterocycles. The number of nitrogens with zero attached hydrogens (tertiary/aromatic N) is 2. The van der Waals surface area contributed by atoms with Gasteiger partial charge in [-0.25, -0.2) is 13.4 Å². The van der Waals surface area contributed by atoms with Crippen molar-refractivity contribution in [1.29, 1.82) is 0 Å². The molecule has 1 unspecified atom stereocenters. The number of hydrogen-bond acceptors (Lipinski definition) is 9. The maximum atomic E-state index is 13.2. The van der Waals surface area contributed by atoms with E-state index < -0.39 is 21.0 Å². The van der Waals surface area contributed by atoms with Crippen LogP contribution in [0.1, 0.15) is 39.9 Å². The van der Waals surface area contributed by atoms with Gasteiger partial charge in [-0.1, -0.05) is 18.2 Å². The molecule has 1 aromatic heterocycles. The Morgan fingerprint density at radius 3 is 2.48 bits per heavy atom. The average Bonchev–Trinajstić information content (AvgIpc) is 3.49. The van der Waals surface area contributed by atoms with E-state index in [1.54, 1.807) is 30.2 Å². The Morgan fingerprint density at radius 2 is 1.81 bits per heavy atom. The van der Waals surface area contributed by atoms with Gasteiger partial charge in [0.25, 0.3) is 5.91 Å². The van der Waals surface area contributed by atoms with E-state index >= 15 is 0 Å². The first-order valence-electron chi connectivity index (χ1n) is 13.8. The number of likely N-dealkylation sites (tertiary alicyclic amines) is 1. The fourth-order valence-corrected chi connectivity index (χ4v) is 7.82. The van der Waals surface area contributed by atoms with Gasteiger partial charge in [0.05, 0.1) is 35.2 Å². The number of benzene rings is 2. The van der Waals surface area contributed by atoms with Crippen molar-refractivity contribution in [2.24, 2.45) is 0 Å². The molecule has 2 fully saturated rings. The molecule has 2 aliphatic rings. The standard InChI is InChI=1S/C29H34N4O7S2/c1-39-13-14-42(37,38)26(27(35)30-16-25(34)31-21-8-9-21)28-32-23-10-7-20(15-24(23)41-28)18-3-5-19(6-4-18)29(36)33-12-11-22(17-33)40-2/h3-7,10,15,21-22,26H,8-9,11-14,16-17H2,1-2H3,(H,30,35)(H,31,34)/t22-,26?/m1/s1. The van der Waals surface area contributed by atoms with Gasteiger partial charge in [0.1, 0.15) is 5.01 Å². The lowest BCUT2D eigenvalue weighted by Gasteiger charge is -2.16. The number of amides is 3. The minimum Gasteiger partial charge on any atom is -0.384 e. The third-order valence-corrected chi connectivity index (χ3v) is 10.5. The predicted molar refractivity (Wildman–Crippen MR) is 159 cm³/mol. The van der Waals surface area contributed by atoms with Crippen molar-refractivity contribution in [2.75, 3.05) is 46.2 Å². The largest absolute Gasteiger partial charge is 0.384 e. The molecule has 5 rings (SSSR count). The second-order valence-corrected chi connectivity index (χ2v) is 13.8. The quantitative estimate of drug-likeness (QED) is 0.316. The normalized spacial score (nSPS) is 17.8. The topological polar surface area (TPSA) is 144 Å². The molecule has 13 heteroatoms. The molecule has 1 aliphatic carbocycles. The molecule has 42 heavy (non-hydrogen) atoms. The van der Waals surface area contributed by atoms with Gasteiger partial charge in [0.2, 0.25) is 11.8 Å². The lowest BCUT2D eigenvalue weighted by atomic mass is 10.0. The number of methoxy groups -OCH3 is 2. The maximum Gasteiger partial charge on any atom is 0.253 e. The van der Waals surface area contributed by atoms with Gasteiger partial charge >= 0.3 is 0 Å². The zero-order valence-electron chi connectivity index (χ0n) is 23.5. The van der Waals surface area contributed by atoms with Crippen molar-refractivity contribution in [3.8, 4) is 11.1 Å². The fourth-order valence-electron chi connectivity index (χ4n) is 4.84. The summed E-state index contributed by atoms with van der Waals surface area (Å²) in [6.45, 7) is 0.850. The summed E-state index contributed by atoms with van der Waals surface area (Å²) < 4.78 is 37.5. The van der Waals surface area contributed by atoms with Crippen molar-refractivity contribution < 1.29 is 32.3 Å². The van der Waals surface area contributed by atoms with Gasteiger partial charge in [-0.3, -0.25) is 14.4 Å². The number of aromatic nitrogens is 1. The van der Waals surface area contributed by atoms with E-state index in [-0.39, 0.29) is 47.9 Å². The van der Waals surface area contributed by atoms with E-state index in [2.05, 4.69) is 15.6 Å². The average molecular weight is 615 g/mol. The molecule has 0 spiro atoms. The predicted octanol–water partition coefficient (Wildman–Crippen LogP) is 2.32. The number of carbonyl (C=O) groups excluding carboxylic acids is 3. The van der Waals surface area contributed by atoms with E-state index in [9.17, 15) is 22.8 Å². The molecule has 3 amide bonds. The lowest BCUT2D eigenvalue weighted by Crippen LogP contribution is -2.41. The van der Waals surface area contributed by atoms with Crippen LogP contribution in [0.5, 0.6) is 0 Å². The summed E-state index contributed by atoms with van der Waals surface area (Å²) in [4.78, 5) is 44.4. The Bertz CT molecular complexity index is 1570. The van der Waals surface area contributed by atoms with Crippen LogP contribution in [-0.2, 0) is 28.9 Å². The summed E-state index contributed by atoms with van der Waals surface area (Å²) in [7, 11) is -0.954. The molecule has 11 nitrogen and oxygen atoms in total. The molecule has 0 bridgehead atoms. The Hall–Kier alpha value is -3.39. The first-order valence-corrected chi connectivity index (χ1v) is 16.3. The highest BCUT2D eigenvalue weighted by molar-refractivity contribution is 7.92. The van der Waals surface area contributed by atoms with E-state index in [1.807, 2.05) is 24.3 Å². The SMILES string of the molecule is COCCS(=O)(=O)C(C(=O)NCC(=O)NC1CC1)c1nc2ccc(-c3ccc(C(=O)N4CC[C@@H](OC)C4)cc3)cc2s1. The Kier molecular flexibility index (Phi) is 9.21. The van der Waals surface area contributed by atoms with E-state index in [1.165, 1.54) is 7.11 Å². The van der Waals surface area contributed by atoms with Crippen molar-refractivity contribution in [1.82, 2.24) is 20.5 Å². The molecule has 3 aromatic rings. The molecule has 2 N–H and O–H groups in total. The third kappa shape index (κ3) is 6.97. The van der Waals surface area contributed by atoms with Gasteiger partial charge in [-0.05, 0) is 54.7 Å². The van der Waals surface area contributed by atoms with Gasteiger partial charge in [0, 0.05) is 38.9 Å². The number of rotatable bonds is 12. The van der Waals surface area contributed by atoms with Crippen LogP contribution in [0, 0.1) is 0 Å². The van der Waals surface area contributed by atoms with Crippen molar-refractivity contribution in [3.05, 3.63) is 53.0 Å². The number of sulfone groups is 1. The molecule has 2 heterocycles. The number of fused-ring (bicyclic) bond motifs is 1. The molecule has 0 radical (unpaired) electrons. The zero-order valence-corrected chi connectivity index (χ0v) is 25.1. The Labute approximate surface area is 248 Å². The van der Waals surface area contributed by atoms with Gasteiger partial charge in [0.15, 0.2) is 15.1 Å². The third-order valence-electron chi connectivity index (χ3n) is 7.39. The number of ether oxygens (including phenoxy) is 2. The molecule has 2 aromatic carbocycles. The molecular formula is C29H34N4O7S2. The van der Waals surface area contributed by atoms with Crippen LogP contribution in [0.3, 0.4) is 0 Å². The minimum absolute atomic E-state index is 0.0346. The van der Waals surface area contributed by atoms with Crippen molar-refractivity contribution in [2.45, 2.75) is 36.7 Å². The monoisotopic (exact) mass is 614 g/mol. The van der Waals surface area contributed by atoms with Crippen LogP contribution in [-0.4, -0.2) is 94.4 Å². The molecule has 2 atom stereocenters. The summed E-state index contributed by atoms with van der Waals surface area (Å²) in [6, 6.07) is 13.0. The highest BCUT2D eigenvalue weighted by Gasteiger charge is 2.37. The fraction of sp³-hybridized carbons (Fsp3) is 0.448. The smallest absolute Gasteiger partial charge is 0.253 e. The van der Waals surface area contributed by atoms with E-state index in [4.69, 9.17) is 9.47 Å². The van der Waals surface area contributed by atoms with E-state index in [0.717, 1.165) is 41.7 Å². The van der Waals surface area contributed by atoms with Gasteiger partial charge < -0.3 is 25.0 Å². The molecule has 1 aliphatic heterocycles. The number of carbonyl (C=O) groups is 3. The highest BCUT2D eigenvalue weighted by Crippen LogP contribution is 2.34. The highest BCUT2D eigenvalue weighted by atomic mass is 32.2. The molecule has 224 valence electrons. The summed E-state index contributed by atoms with van der Waals surface area (Å²) in [6.07, 6.45) is 2.69. The summed E-state index contributed by atoms with van der Waals surface area (Å²) in [5.41, 5.74) is 2.89. The molecule has 1 saturated carbocycles. The van der Waals surface area contributed by atoms with Crippen LogP contribution >= 0.6 is 11.3 Å². The number of hydrogen-bond donors (Lipinski definition) is 2. The zero-order chi connectivity index (χ0) is 29.9. The van der Waals surface area contributed by atoms with Crippen molar-refractivity contribution in [3.63, 3.8) is 0 Å². The Morgan fingerprint density at radius 1 is 1.07 bits per heavy atom. The van der Waals surface area contributed by atoms with Crippen LogP contribution in [0.2, 0.25) is 0 Å². The summed E-state index contributed by atoms with van der Waals surface area (Å²) in [5, 5.41) is 3.80. The lowest BCUT2D eigenvalue weighted by molar-refractivity contribution is -0.126. The first-order chi connectivity index (χ1) is 20.2. The molecular weight excluding hydrogens is 580 g/mol. The van der Waals surface area contributed by atoms with Crippen molar-refractivity contribution >= 4 is 49.1 Å². The van der Waals surface area contributed by atoms with Gasteiger partial charge in [-0.2, -0.15) is 0 Å². The van der Waals surface area contributed by atoms with Crippen LogP contribution in [0.4, 0.5) is 0 Å². The van der Waals surface area contributed by atoms with E-state index in [0.29, 0.717) is 28.9 Å². The van der Waals surface area contributed by atoms with Gasteiger partial charge in [-0.15, -0.1) is 11.3 Å². The second kappa shape index (κ2) is 12.9. The second-order valence-electron chi connectivity index (χ2n) is 10.5. The minimum atomic E-state index is -4.00. The number of nitrogens with one attached hydrogen (secondary N) is 2. The Balaban J connectivity index is 1.35.